The molecule has 2 N–H and O–H groups in total. The van der Waals surface area contributed by atoms with Crippen LogP contribution >= 0.6 is 11.6 Å². The molecule has 8 heteroatoms. The number of nitrogens with one attached hydrogen (secondary N) is 1. The minimum absolute atomic E-state index is 0.132. The van der Waals surface area contributed by atoms with Crippen LogP contribution < -0.4 is 10.1 Å². The van der Waals surface area contributed by atoms with Crippen LogP contribution in [0.25, 0.3) is 0 Å². The third-order valence-corrected chi connectivity index (χ3v) is 7.24. The molecule has 0 amide bonds. The first-order valence-corrected chi connectivity index (χ1v) is 12.9. The van der Waals surface area contributed by atoms with E-state index in [4.69, 9.17) is 16.3 Å². The number of ether oxygens (including phenoxy) is 1. The molecule has 180 valence electrons. The Hall–Kier alpha value is -2.71. The molecule has 0 radical (unpaired) electrons. The van der Waals surface area contributed by atoms with Crippen molar-refractivity contribution in [3.05, 3.63) is 88.9 Å². The van der Waals surface area contributed by atoms with Gasteiger partial charge in [-0.1, -0.05) is 42.8 Å². The molecule has 0 saturated carbocycles. The van der Waals surface area contributed by atoms with Crippen molar-refractivity contribution >= 4 is 27.4 Å². The lowest BCUT2D eigenvalue weighted by atomic mass is 10.1. The summed E-state index contributed by atoms with van der Waals surface area (Å²) in [5, 5.41) is 14.0. The lowest BCUT2D eigenvalue weighted by Crippen LogP contribution is -2.23. The number of hydrogen-bond donors (Lipinski definition) is 2. The first-order chi connectivity index (χ1) is 16.3. The molecular formula is C26H28ClNO5S. The second kappa shape index (κ2) is 12.1. The number of carbonyl (C=O) groups excluding carboxylic acids is 1. The molecule has 6 nitrogen and oxygen atoms in total. The second-order valence-electron chi connectivity index (χ2n) is 7.87. The van der Waals surface area contributed by atoms with E-state index in [0.717, 1.165) is 11.1 Å². The van der Waals surface area contributed by atoms with Crippen molar-refractivity contribution in [2.75, 3.05) is 13.1 Å². The van der Waals surface area contributed by atoms with Crippen LogP contribution in [0.5, 0.6) is 5.75 Å². The number of sulfone groups is 1. The number of esters is 1. The average Bonchev–Trinajstić information content (AvgIpc) is 2.82. The zero-order valence-corrected chi connectivity index (χ0v) is 20.5. The first kappa shape index (κ1) is 25.9. The smallest absolute Gasteiger partial charge is 0.311 e. The van der Waals surface area contributed by atoms with E-state index >= 15 is 0 Å². The van der Waals surface area contributed by atoms with Crippen molar-refractivity contribution in [3.63, 3.8) is 0 Å². The zero-order chi connectivity index (χ0) is 24.6. The maximum absolute atomic E-state index is 12.9. The highest BCUT2D eigenvalue weighted by molar-refractivity contribution is 7.91. The van der Waals surface area contributed by atoms with Crippen LogP contribution in [-0.4, -0.2) is 32.6 Å². The molecule has 0 spiro atoms. The van der Waals surface area contributed by atoms with Gasteiger partial charge in [-0.15, -0.1) is 0 Å². The predicted octanol–water partition coefficient (Wildman–Crippen LogP) is 4.74. The summed E-state index contributed by atoms with van der Waals surface area (Å²) in [6.45, 7) is 2.89. The molecule has 0 aliphatic rings. The van der Waals surface area contributed by atoms with Gasteiger partial charge in [0, 0.05) is 18.0 Å². The molecule has 0 fully saturated rings. The number of aliphatic hydroxyl groups is 1. The van der Waals surface area contributed by atoms with Gasteiger partial charge in [0.15, 0.2) is 0 Å². The number of halogens is 1. The van der Waals surface area contributed by atoms with E-state index in [9.17, 15) is 18.3 Å². The maximum Gasteiger partial charge on any atom is 0.311 e. The van der Waals surface area contributed by atoms with E-state index in [1.165, 1.54) is 24.3 Å². The fourth-order valence-corrected chi connectivity index (χ4v) is 4.81. The maximum atomic E-state index is 12.9. The molecule has 0 aliphatic heterocycles. The number of aliphatic hydroxyl groups excluding tert-OH is 1. The molecule has 0 heterocycles. The summed E-state index contributed by atoms with van der Waals surface area (Å²) in [4.78, 5) is 11.9. The van der Waals surface area contributed by atoms with Crippen molar-refractivity contribution in [1.29, 1.82) is 0 Å². The Kier molecular flexibility index (Phi) is 9.24. The van der Waals surface area contributed by atoms with Gasteiger partial charge in [0.2, 0.25) is 9.84 Å². The van der Waals surface area contributed by atoms with Crippen LogP contribution in [0, 0.1) is 0 Å². The van der Waals surface area contributed by atoms with Gasteiger partial charge in [-0.25, -0.2) is 8.42 Å². The largest absolute Gasteiger partial charge is 0.427 e. The van der Waals surface area contributed by atoms with E-state index in [-0.39, 0.29) is 15.8 Å². The molecule has 1 unspecified atom stereocenters. The topological polar surface area (TPSA) is 92.7 Å². The molecule has 0 aromatic heterocycles. The normalized spacial score (nSPS) is 12.3. The van der Waals surface area contributed by atoms with E-state index < -0.39 is 15.9 Å². The van der Waals surface area contributed by atoms with Crippen LogP contribution in [0.15, 0.2) is 82.6 Å². The lowest BCUT2D eigenvalue weighted by Gasteiger charge is -2.13. The molecular weight excluding hydrogens is 474 g/mol. The highest BCUT2D eigenvalue weighted by Crippen LogP contribution is 2.24. The number of benzene rings is 3. The van der Waals surface area contributed by atoms with Gasteiger partial charge in [-0.3, -0.25) is 4.79 Å². The molecule has 0 bridgehead atoms. The molecule has 3 rings (SSSR count). The average molecular weight is 502 g/mol. The standard InChI is InChI=1S/C26H28ClNO5S/c1-2-4-26(30)33-22-9-13-24(14-10-22)34(31,32)23-11-7-19(8-12-23)15-16-28-18-25(29)20-5-3-6-21(27)17-20/h3,5-14,17,25,28-29H,2,4,15-16,18H2,1H3. The molecule has 0 aliphatic carbocycles. The Bertz CT molecular complexity index is 1190. The van der Waals surface area contributed by atoms with Crippen molar-refractivity contribution in [2.24, 2.45) is 0 Å². The number of carbonyl (C=O) groups is 1. The van der Waals surface area contributed by atoms with Crippen LogP contribution in [0.4, 0.5) is 0 Å². The minimum Gasteiger partial charge on any atom is -0.427 e. The summed E-state index contributed by atoms with van der Waals surface area (Å²) in [7, 11) is -3.68. The minimum atomic E-state index is -3.68. The number of rotatable bonds is 11. The van der Waals surface area contributed by atoms with Gasteiger partial charge >= 0.3 is 5.97 Å². The Morgan fingerprint density at radius 2 is 1.68 bits per heavy atom. The Morgan fingerprint density at radius 3 is 2.29 bits per heavy atom. The van der Waals surface area contributed by atoms with Gasteiger partial charge in [0.05, 0.1) is 15.9 Å². The fourth-order valence-electron chi connectivity index (χ4n) is 3.35. The summed E-state index contributed by atoms with van der Waals surface area (Å²) < 4.78 is 31.0. The van der Waals surface area contributed by atoms with E-state index in [1.54, 1.807) is 42.5 Å². The lowest BCUT2D eigenvalue weighted by molar-refractivity contribution is -0.134. The highest BCUT2D eigenvalue weighted by Gasteiger charge is 2.18. The molecule has 3 aromatic rings. The van der Waals surface area contributed by atoms with Gasteiger partial charge in [0.25, 0.3) is 0 Å². The quantitative estimate of drug-likeness (QED) is 0.224. The van der Waals surface area contributed by atoms with Gasteiger partial charge in [-0.05, 0) is 79.0 Å². The predicted molar refractivity (Wildman–Crippen MR) is 132 cm³/mol. The Labute approximate surface area is 205 Å². The summed E-state index contributed by atoms with van der Waals surface area (Å²) in [6.07, 6.45) is 1.01. The van der Waals surface area contributed by atoms with E-state index in [1.807, 2.05) is 13.0 Å². The summed E-state index contributed by atoms with van der Waals surface area (Å²) in [5.74, 6) is -0.0251. The SMILES string of the molecule is CCCC(=O)Oc1ccc(S(=O)(=O)c2ccc(CCNCC(O)c3cccc(Cl)c3)cc2)cc1. The van der Waals surface area contributed by atoms with Crippen molar-refractivity contribution in [1.82, 2.24) is 5.32 Å². The van der Waals surface area contributed by atoms with Crippen molar-refractivity contribution in [2.45, 2.75) is 42.1 Å². The Morgan fingerprint density at radius 1 is 1.03 bits per heavy atom. The highest BCUT2D eigenvalue weighted by atomic mass is 35.5. The van der Waals surface area contributed by atoms with E-state index in [2.05, 4.69) is 5.32 Å². The third-order valence-electron chi connectivity index (χ3n) is 5.22. The van der Waals surface area contributed by atoms with Crippen LogP contribution in [0.3, 0.4) is 0 Å². The molecule has 0 saturated heterocycles. The van der Waals surface area contributed by atoms with E-state index in [0.29, 0.717) is 43.1 Å². The van der Waals surface area contributed by atoms with Crippen LogP contribution in [0.1, 0.15) is 37.0 Å². The van der Waals surface area contributed by atoms with Crippen molar-refractivity contribution < 1.29 is 23.1 Å². The Balaban J connectivity index is 1.53. The monoisotopic (exact) mass is 501 g/mol. The molecule has 34 heavy (non-hydrogen) atoms. The zero-order valence-electron chi connectivity index (χ0n) is 18.9. The van der Waals surface area contributed by atoms with Crippen LogP contribution in [0.2, 0.25) is 5.02 Å². The van der Waals surface area contributed by atoms with Gasteiger partial charge in [0.1, 0.15) is 5.75 Å². The fraction of sp³-hybridized carbons (Fsp3) is 0.269. The van der Waals surface area contributed by atoms with Gasteiger partial charge < -0.3 is 15.2 Å². The summed E-state index contributed by atoms with van der Waals surface area (Å²) >= 11 is 5.96. The van der Waals surface area contributed by atoms with Gasteiger partial charge in [-0.2, -0.15) is 0 Å². The molecule has 1 atom stereocenters. The first-order valence-electron chi connectivity index (χ1n) is 11.1. The summed E-state index contributed by atoms with van der Waals surface area (Å²) in [5.41, 5.74) is 1.73. The van der Waals surface area contributed by atoms with Crippen LogP contribution in [-0.2, 0) is 21.1 Å². The second-order valence-corrected chi connectivity index (χ2v) is 10.3. The number of hydrogen-bond acceptors (Lipinski definition) is 6. The third kappa shape index (κ3) is 7.14. The summed E-state index contributed by atoms with van der Waals surface area (Å²) in [6, 6.07) is 19.7. The molecule has 3 aromatic carbocycles. The van der Waals surface area contributed by atoms with Crippen molar-refractivity contribution in [3.8, 4) is 5.75 Å².